The van der Waals surface area contributed by atoms with Gasteiger partial charge in [-0.25, -0.2) is 4.57 Å². The van der Waals surface area contributed by atoms with Gasteiger partial charge in [-0.3, -0.25) is 9.32 Å². The number of piperazine rings is 1. The fourth-order valence-corrected chi connectivity index (χ4v) is 5.87. The Hall–Kier alpha value is -0.110. The lowest BCUT2D eigenvalue weighted by atomic mass is 9.89. The summed E-state index contributed by atoms with van der Waals surface area (Å²) in [4.78, 5) is 17.1. The van der Waals surface area contributed by atoms with E-state index in [9.17, 15) is 9.36 Å². The van der Waals surface area contributed by atoms with E-state index in [1.807, 2.05) is 34.6 Å². The third kappa shape index (κ3) is 9.77. The highest BCUT2D eigenvalue weighted by atomic mass is 32.7. The first-order valence-electron chi connectivity index (χ1n) is 9.46. The Morgan fingerprint density at radius 2 is 1.70 bits per heavy atom. The Kier molecular flexibility index (Phi) is 9.79. The van der Waals surface area contributed by atoms with E-state index >= 15 is 0 Å². The van der Waals surface area contributed by atoms with E-state index in [1.54, 1.807) is 0 Å². The number of hydrogen-bond donors (Lipinski definition) is 0. The van der Waals surface area contributed by atoms with Crippen LogP contribution in [0.3, 0.4) is 0 Å². The second-order valence-electron chi connectivity index (χ2n) is 8.58. The third-order valence-electron chi connectivity index (χ3n) is 4.38. The van der Waals surface area contributed by atoms with Crippen molar-refractivity contribution in [3.05, 3.63) is 0 Å². The van der Waals surface area contributed by atoms with E-state index in [4.69, 9.17) is 13.8 Å². The summed E-state index contributed by atoms with van der Waals surface area (Å²) >= 11 is 1.06. The normalized spacial score (nSPS) is 19.7. The van der Waals surface area contributed by atoms with Crippen molar-refractivity contribution >= 4 is 24.1 Å². The van der Waals surface area contributed by atoms with Gasteiger partial charge in [0.25, 0.3) is 0 Å². The molecule has 1 saturated heterocycles. The number of esters is 1. The lowest BCUT2D eigenvalue weighted by Crippen LogP contribution is -2.45. The van der Waals surface area contributed by atoms with Crippen LogP contribution >= 0.6 is 18.2 Å². The van der Waals surface area contributed by atoms with Gasteiger partial charge in [0.15, 0.2) is 0 Å². The Labute approximate surface area is 168 Å². The lowest BCUT2D eigenvalue weighted by Gasteiger charge is -2.34. The van der Waals surface area contributed by atoms with Crippen LogP contribution in [0, 0.1) is 5.41 Å². The van der Waals surface area contributed by atoms with Crippen LogP contribution in [0.2, 0.25) is 0 Å². The van der Waals surface area contributed by atoms with Crippen LogP contribution in [0.4, 0.5) is 0 Å². The Balaban J connectivity index is 2.34. The summed E-state index contributed by atoms with van der Waals surface area (Å²) < 4.78 is 28.5. The van der Waals surface area contributed by atoms with E-state index in [2.05, 4.69) is 16.8 Å². The number of hydrogen-bond acceptors (Lipinski definition) is 8. The minimum atomic E-state index is -3.24. The molecule has 0 aromatic heterocycles. The summed E-state index contributed by atoms with van der Waals surface area (Å²) in [7, 11) is 3.50. The smallest absolute Gasteiger partial charge is 0.389 e. The molecular weight excluding hydrogens is 387 g/mol. The summed E-state index contributed by atoms with van der Waals surface area (Å²) in [6.07, 6.45) is 0.756. The number of rotatable bonds is 10. The highest BCUT2D eigenvalue weighted by molar-refractivity contribution is 8.55. The molecule has 0 aromatic carbocycles. The van der Waals surface area contributed by atoms with Crippen molar-refractivity contribution in [1.29, 1.82) is 0 Å². The summed E-state index contributed by atoms with van der Waals surface area (Å²) in [5, 5.41) is 0. The first-order valence-corrected chi connectivity index (χ1v) is 12.6. The van der Waals surface area contributed by atoms with Crippen LogP contribution in [-0.4, -0.2) is 80.6 Å². The summed E-state index contributed by atoms with van der Waals surface area (Å²) in [5.74, 6) is 0.141. The minimum absolute atomic E-state index is 0.183. The van der Waals surface area contributed by atoms with Gasteiger partial charge in [0.05, 0.1) is 11.0 Å². The SMILES string of the molecule is COP(=O)(OC(C)(C)C)SCCOC(=O)C(C)(C)CCN1CCN(C)CC1. The monoisotopic (exact) mass is 424 g/mol. The molecule has 9 heteroatoms. The fourth-order valence-electron chi connectivity index (χ4n) is 2.54. The maximum Gasteiger partial charge on any atom is 0.389 e. The molecule has 1 rings (SSSR count). The molecule has 0 aromatic rings. The molecule has 1 unspecified atom stereocenters. The molecule has 0 spiro atoms. The van der Waals surface area contributed by atoms with Gasteiger partial charge in [0, 0.05) is 39.0 Å². The molecule has 0 N–H and O–H groups in total. The highest BCUT2D eigenvalue weighted by Crippen LogP contribution is 2.62. The van der Waals surface area contributed by atoms with Crippen LogP contribution in [0.1, 0.15) is 41.0 Å². The number of nitrogens with zero attached hydrogens (tertiary/aromatic N) is 2. The van der Waals surface area contributed by atoms with Crippen LogP contribution in [0.5, 0.6) is 0 Å². The summed E-state index contributed by atoms with van der Waals surface area (Å²) in [5.41, 5.74) is -1.11. The van der Waals surface area contributed by atoms with Gasteiger partial charge in [0.2, 0.25) is 0 Å². The molecule has 7 nitrogen and oxygen atoms in total. The number of carbonyl (C=O) groups is 1. The average molecular weight is 425 g/mol. The van der Waals surface area contributed by atoms with Gasteiger partial charge in [-0.05, 0) is 66.0 Å². The maximum atomic E-state index is 12.5. The zero-order valence-electron chi connectivity index (χ0n) is 17.9. The Morgan fingerprint density at radius 3 is 2.22 bits per heavy atom. The molecule has 0 amide bonds. The van der Waals surface area contributed by atoms with Gasteiger partial charge in [-0.1, -0.05) is 0 Å². The summed E-state index contributed by atoms with van der Waals surface area (Å²) in [6, 6.07) is 0. The molecule has 1 aliphatic rings. The number of ether oxygens (including phenoxy) is 1. The molecule has 160 valence electrons. The molecule has 0 radical (unpaired) electrons. The van der Waals surface area contributed by atoms with Gasteiger partial charge in [-0.2, -0.15) is 0 Å². The minimum Gasteiger partial charge on any atom is -0.464 e. The quantitative estimate of drug-likeness (QED) is 0.300. The average Bonchev–Trinajstić information content (AvgIpc) is 2.56. The van der Waals surface area contributed by atoms with E-state index < -0.39 is 17.8 Å². The molecule has 1 aliphatic heterocycles. The third-order valence-corrected chi connectivity index (χ3v) is 8.43. The van der Waals surface area contributed by atoms with Crippen molar-refractivity contribution < 1.29 is 23.1 Å². The van der Waals surface area contributed by atoms with Crippen LogP contribution in [0.25, 0.3) is 0 Å². The molecule has 1 heterocycles. The molecule has 0 saturated carbocycles. The molecule has 0 aliphatic carbocycles. The Morgan fingerprint density at radius 1 is 1.11 bits per heavy atom. The van der Waals surface area contributed by atoms with Crippen LogP contribution < -0.4 is 0 Å². The van der Waals surface area contributed by atoms with Gasteiger partial charge in [0.1, 0.15) is 6.61 Å². The lowest BCUT2D eigenvalue weighted by molar-refractivity contribution is -0.153. The van der Waals surface area contributed by atoms with Crippen LogP contribution in [0.15, 0.2) is 0 Å². The van der Waals surface area contributed by atoms with Crippen molar-refractivity contribution in [3.63, 3.8) is 0 Å². The van der Waals surface area contributed by atoms with E-state index in [0.29, 0.717) is 5.75 Å². The summed E-state index contributed by atoms with van der Waals surface area (Å²) in [6.45, 7) is 11.3. The van der Waals surface area contributed by atoms with Crippen molar-refractivity contribution in [3.8, 4) is 0 Å². The predicted octanol–water partition coefficient (Wildman–Crippen LogP) is 3.50. The molecule has 27 heavy (non-hydrogen) atoms. The molecule has 1 fully saturated rings. The topological polar surface area (TPSA) is 68.3 Å². The largest absolute Gasteiger partial charge is 0.464 e. The van der Waals surface area contributed by atoms with Gasteiger partial charge >= 0.3 is 12.8 Å². The Bertz CT molecular complexity index is 516. The number of carbonyl (C=O) groups excluding carboxylic acids is 1. The second-order valence-corrected chi connectivity index (χ2v) is 12.8. The van der Waals surface area contributed by atoms with Crippen molar-refractivity contribution in [1.82, 2.24) is 9.80 Å². The van der Waals surface area contributed by atoms with Crippen molar-refractivity contribution in [2.24, 2.45) is 5.41 Å². The number of likely N-dealkylation sites (N-methyl/N-ethyl adjacent to an activating group) is 1. The molecular formula is C18H37N2O5PS. The first-order chi connectivity index (χ1) is 12.4. The first kappa shape index (κ1) is 24.9. The highest BCUT2D eigenvalue weighted by Gasteiger charge is 2.32. The zero-order valence-corrected chi connectivity index (χ0v) is 19.7. The second kappa shape index (κ2) is 10.6. The molecule has 0 bridgehead atoms. The van der Waals surface area contributed by atoms with Gasteiger partial charge in [-0.15, -0.1) is 0 Å². The van der Waals surface area contributed by atoms with Gasteiger partial charge < -0.3 is 19.1 Å². The fraction of sp³-hybridized carbons (Fsp3) is 0.944. The predicted molar refractivity (Wildman–Crippen MR) is 111 cm³/mol. The molecule has 1 atom stereocenters. The van der Waals surface area contributed by atoms with E-state index in [1.165, 1.54) is 7.11 Å². The zero-order chi connectivity index (χ0) is 20.7. The van der Waals surface area contributed by atoms with Crippen molar-refractivity contribution in [2.45, 2.75) is 46.6 Å². The maximum absolute atomic E-state index is 12.5. The van der Waals surface area contributed by atoms with Crippen LogP contribution in [-0.2, 0) is 23.1 Å². The van der Waals surface area contributed by atoms with E-state index in [0.717, 1.165) is 50.5 Å². The standard InChI is InChI=1S/C18H37N2O5PS/c1-17(2,3)25-26(22,23-7)27-15-14-24-16(21)18(4,5)8-9-20-12-10-19(6)11-13-20/h8-15H2,1-7H3. The van der Waals surface area contributed by atoms with Crippen molar-refractivity contribution in [2.75, 3.05) is 59.2 Å². The van der Waals surface area contributed by atoms with E-state index in [-0.39, 0.29) is 12.6 Å².